The van der Waals surface area contributed by atoms with Gasteiger partial charge in [-0.25, -0.2) is 4.79 Å². The summed E-state index contributed by atoms with van der Waals surface area (Å²) in [5, 5.41) is 0.865. The fourth-order valence-corrected chi connectivity index (χ4v) is 2.06. The van der Waals surface area contributed by atoms with Crippen molar-refractivity contribution < 1.29 is 4.42 Å². The molecule has 0 bridgehead atoms. The first-order valence-electron chi connectivity index (χ1n) is 6.04. The van der Waals surface area contributed by atoms with Gasteiger partial charge in [0.2, 0.25) is 0 Å². The van der Waals surface area contributed by atoms with Crippen LogP contribution in [0.25, 0.3) is 22.1 Å². The van der Waals surface area contributed by atoms with Gasteiger partial charge >= 0.3 is 5.63 Å². The van der Waals surface area contributed by atoms with E-state index in [-0.39, 0.29) is 5.63 Å². The van der Waals surface area contributed by atoms with Crippen molar-refractivity contribution in [2.24, 2.45) is 0 Å². The largest absolute Gasteiger partial charge is 0.422 e. The molecule has 3 heteroatoms. The van der Waals surface area contributed by atoms with E-state index in [2.05, 4.69) is 0 Å². The SMILES string of the molecule is Cc1ccc(-c2cc3ccc(N)cc3oc2=O)cc1. The Morgan fingerprint density at radius 3 is 2.47 bits per heavy atom. The predicted molar refractivity (Wildman–Crippen MR) is 77.1 cm³/mol. The normalized spacial score (nSPS) is 10.8. The summed E-state index contributed by atoms with van der Waals surface area (Å²) in [6.45, 7) is 2.01. The summed E-state index contributed by atoms with van der Waals surface area (Å²) in [4.78, 5) is 12.0. The van der Waals surface area contributed by atoms with Crippen LogP contribution in [0, 0.1) is 6.92 Å². The van der Waals surface area contributed by atoms with Crippen LogP contribution in [-0.2, 0) is 0 Å². The van der Waals surface area contributed by atoms with E-state index < -0.39 is 0 Å². The number of hydrogen-bond donors (Lipinski definition) is 1. The van der Waals surface area contributed by atoms with Crippen LogP contribution in [0.1, 0.15) is 5.56 Å². The Labute approximate surface area is 110 Å². The highest BCUT2D eigenvalue weighted by Gasteiger charge is 2.07. The Bertz CT molecular complexity index is 801. The van der Waals surface area contributed by atoms with Gasteiger partial charge in [0.15, 0.2) is 0 Å². The molecule has 3 rings (SSSR count). The molecule has 3 aromatic rings. The molecule has 0 unspecified atom stereocenters. The second-order valence-corrected chi connectivity index (χ2v) is 4.61. The molecule has 0 amide bonds. The Hall–Kier alpha value is -2.55. The molecule has 0 saturated heterocycles. The molecule has 0 radical (unpaired) electrons. The Morgan fingerprint density at radius 2 is 1.74 bits per heavy atom. The maximum absolute atomic E-state index is 12.0. The average Bonchev–Trinajstić information content (AvgIpc) is 2.39. The van der Waals surface area contributed by atoms with Gasteiger partial charge in [-0.2, -0.15) is 0 Å². The number of fused-ring (bicyclic) bond motifs is 1. The number of benzene rings is 2. The zero-order valence-corrected chi connectivity index (χ0v) is 10.5. The minimum Gasteiger partial charge on any atom is -0.422 e. The molecular weight excluding hydrogens is 238 g/mol. The maximum Gasteiger partial charge on any atom is 0.344 e. The number of anilines is 1. The molecule has 94 valence electrons. The first-order chi connectivity index (χ1) is 9.13. The van der Waals surface area contributed by atoms with Gasteiger partial charge in [-0.1, -0.05) is 29.8 Å². The Balaban J connectivity index is 2.24. The highest BCUT2D eigenvalue weighted by atomic mass is 16.4. The number of nitrogen functional groups attached to an aromatic ring is 1. The van der Waals surface area contributed by atoms with E-state index in [0.717, 1.165) is 16.5 Å². The standard InChI is InChI=1S/C16H13NO2/c1-10-2-4-11(5-3-10)14-8-12-6-7-13(17)9-15(12)19-16(14)18/h2-9H,17H2,1H3. The topological polar surface area (TPSA) is 56.2 Å². The molecule has 0 atom stereocenters. The summed E-state index contributed by atoms with van der Waals surface area (Å²) in [5.41, 5.74) is 9.01. The molecule has 0 spiro atoms. The fourth-order valence-electron chi connectivity index (χ4n) is 2.06. The lowest BCUT2D eigenvalue weighted by Crippen LogP contribution is -2.02. The summed E-state index contributed by atoms with van der Waals surface area (Å²) in [6, 6.07) is 14.9. The molecule has 1 heterocycles. The van der Waals surface area contributed by atoms with Gasteiger partial charge in [0.25, 0.3) is 0 Å². The molecule has 0 aliphatic rings. The lowest BCUT2D eigenvalue weighted by Gasteiger charge is -2.03. The molecule has 1 aromatic heterocycles. The molecule has 0 aliphatic heterocycles. The van der Waals surface area contributed by atoms with Crippen molar-refractivity contribution in [1.82, 2.24) is 0 Å². The van der Waals surface area contributed by atoms with E-state index in [0.29, 0.717) is 16.8 Å². The van der Waals surface area contributed by atoms with Crippen LogP contribution in [0.5, 0.6) is 0 Å². The zero-order valence-electron chi connectivity index (χ0n) is 10.5. The van der Waals surface area contributed by atoms with Crippen LogP contribution >= 0.6 is 0 Å². The molecule has 3 nitrogen and oxygen atoms in total. The number of hydrogen-bond acceptors (Lipinski definition) is 3. The van der Waals surface area contributed by atoms with E-state index in [1.54, 1.807) is 12.1 Å². The van der Waals surface area contributed by atoms with Gasteiger partial charge in [0.1, 0.15) is 5.58 Å². The lowest BCUT2D eigenvalue weighted by atomic mass is 10.0. The third-order valence-corrected chi connectivity index (χ3v) is 3.12. The van der Waals surface area contributed by atoms with Gasteiger partial charge in [-0.15, -0.1) is 0 Å². The van der Waals surface area contributed by atoms with Crippen molar-refractivity contribution in [3.05, 3.63) is 64.5 Å². The molecule has 2 aromatic carbocycles. The Morgan fingerprint density at radius 1 is 1.00 bits per heavy atom. The molecule has 0 fully saturated rings. The average molecular weight is 251 g/mol. The molecule has 19 heavy (non-hydrogen) atoms. The first kappa shape index (κ1) is 11.5. The van der Waals surface area contributed by atoms with Crippen molar-refractivity contribution in [3.63, 3.8) is 0 Å². The van der Waals surface area contributed by atoms with E-state index >= 15 is 0 Å². The lowest BCUT2D eigenvalue weighted by molar-refractivity contribution is 0.563. The van der Waals surface area contributed by atoms with Crippen molar-refractivity contribution in [2.45, 2.75) is 6.92 Å². The third kappa shape index (κ3) is 2.10. The highest BCUT2D eigenvalue weighted by Crippen LogP contribution is 2.22. The van der Waals surface area contributed by atoms with Crippen LogP contribution in [0.15, 0.2) is 57.7 Å². The van der Waals surface area contributed by atoms with E-state index in [9.17, 15) is 4.79 Å². The maximum atomic E-state index is 12.0. The van der Waals surface area contributed by atoms with E-state index in [1.165, 1.54) is 0 Å². The zero-order chi connectivity index (χ0) is 13.4. The molecular formula is C16H13NO2. The minimum atomic E-state index is -0.345. The van der Waals surface area contributed by atoms with Crippen molar-refractivity contribution in [2.75, 3.05) is 5.73 Å². The summed E-state index contributed by atoms with van der Waals surface area (Å²) in [6.07, 6.45) is 0. The molecule has 0 aliphatic carbocycles. The van der Waals surface area contributed by atoms with E-state index in [1.807, 2.05) is 43.3 Å². The summed E-state index contributed by atoms with van der Waals surface area (Å²) >= 11 is 0. The summed E-state index contributed by atoms with van der Waals surface area (Å²) < 4.78 is 5.32. The smallest absolute Gasteiger partial charge is 0.344 e. The van der Waals surface area contributed by atoms with Crippen LogP contribution in [0.2, 0.25) is 0 Å². The van der Waals surface area contributed by atoms with E-state index in [4.69, 9.17) is 10.2 Å². The number of aryl methyl sites for hydroxylation is 1. The van der Waals surface area contributed by atoms with Gasteiger partial charge in [-0.3, -0.25) is 0 Å². The monoisotopic (exact) mass is 251 g/mol. The van der Waals surface area contributed by atoms with Gasteiger partial charge in [-0.05, 0) is 30.7 Å². The third-order valence-electron chi connectivity index (χ3n) is 3.12. The minimum absolute atomic E-state index is 0.345. The van der Waals surface area contributed by atoms with Crippen LogP contribution < -0.4 is 11.4 Å². The van der Waals surface area contributed by atoms with Crippen LogP contribution in [0.3, 0.4) is 0 Å². The number of nitrogens with two attached hydrogens (primary N) is 1. The molecule has 0 saturated carbocycles. The first-order valence-corrected chi connectivity index (χ1v) is 6.04. The fraction of sp³-hybridized carbons (Fsp3) is 0.0625. The van der Waals surface area contributed by atoms with Crippen molar-refractivity contribution in [1.29, 1.82) is 0 Å². The van der Waals surface area contributed by atoms with Gasteiger partial charge in [0, 0.05) is 17.1 Å². The Kier molecular flexibility index (Phi) is 2.60. The molecule has 2 N–H and O–H groups in total. The van der Waals surface area contributed by atoms with Crippen LogP contribution in [-0.4, -0.2) is 0 Å². The van der Waals surface area contributed by atoms with Crippen molar-refractivity contribution >= 4 is 16.7 Å². The highest BCUT2D eigenvalue weighted by molar-refractivity contribution is 5.83. The van der Waals surface area contributed by atoms with Gasteiger partial charge in [0.05, 0.1) is 5.56 Å². The number of rotatable bonds is 1. The quantitative estimate of drug-likeness (QED) is 0.533. The van der Waals surface area contributed by atoms with Crippen LogP contribution in [0.4, 0.5) is 5.69 Å². The van der Waals surface area contributed by atoms with Gasteiger partial charge < -0.3 is 10.2 Å². The predicted octanol–water partition coefficient (Wildman–Crippen LogP) is 3.35. The van der Waals surface area contributed by atoms with Crippen molar-refractivity contribution in [3.8, 4) is 11.1 Å². The second kappa shape index (κ2) is 4.28. The summed E-state index contributed by atoms with van der Waals surface area (Å²) in [7, 11) is 0. The second-order valence-electron chi connectivity index (χ2n) is 4.61. The summed E-state index contributed by atoms with van der Waals surface area (Å²) in [5.74, 6) is 0.